The lowest BCUT2D eigenvalue weighted by Crippen LogP contribution is -2.40. The third kappa shape index (κ3) is 4.76. The molecule has 2 aromatic carbocycles. The fraction of sp³-hybridized carbons (Fsp3) is 0.381. The molecule has 1 amide bonds. The van der Waals surface area contributed by atoms with E-state index in [9.17, 15) is 4.79 Å². The molecule has 0 radical (unpaired) electrons. The monoisotopic (exact) mass is 354 g/mol. The Morgan fingerprint density at radius 1 is 1.12 bits per heavy atom. The first-order valence-corrected chi connectivity index (χ1v) is 9.09. The molecule has 0 spiro atoms. The van der Waals surface area contributed by atoms with E-state index in [0.717, 1.165) is 25.1 Å². The highest BCUT2D eigenvalue weighted by atomic mass is 16.5. The maximum Gasteiger partial charge on any atom is 0.251 e. The van der Waals surface area contributed by atoms with Crippen LogP contribution in [0.25, 0.3) is 0 Å². The minimum absolute atomic E-state index is 0.0478. The Morgan fingerprint density at radius 3 is 2.62 bits per heavy atom. The van der Waals surface area contributed by atoms with Gasteiger partial charge >= 0.3 is 0 Å². The maximum atomic E-state index is 12.4. The smallest absolute Gasteiger partial charge is 0.251 e. The summed E-state index contributed by atoms with van der Waals surface area (Å²) in [5.41, 5.74) is 1.87. The summed E-state index contributed by atoms with van der Waals surface area (Å²) in [5.74, 6) is 0.693. The number of carbonyl (C=O) groups is 1. The van der Waals surface area contributed by atoms with E-state index in [1.165, 1.54) is 5.69 Å². The molecule has 0 aromatic heterocycles. The van der Waals surface area contributed by atoms with Crippen LogP contribution in [0.2, 0.25) is 0 Å². The first-order valence-electron chi connectivity index (χ1n) is 9.09. The normalized spacial score (nSPS) is 16.5. The number of nitrogens with zero attached hydrogens (tertiary/aromatic N) is 1. The molecule has 138 valence electrons. The van der Waals surface area contributed by atoms with Crippen molar-refractivity contribution >= 4 is 11.6 Å². The van der Waals surface area contributed by atoms with Crippen LogP contribution in [0.5, 0.6) is 5.75 Å². The molecule has 5 nitrogen and oxygen atoms in total. The number of ether oxygens (including phenoxy) is 2. The molecule has 2 aromatic rings. The molecule has 1 aliphatic rings. The van der Waals surface area contributed by atoms with Crippen molar-refractivity contribution in [1.82, 2.24) is 5.32 Å². The average molecular weight is 354 g/mol. The Morgan fingerprint density at radius 2 is 1.88 bits per heavy atom. The predicted molar refractivity (Wildman–Crippen MR) is 103 cm³/mol. The molecule has 0 bridgehead atoms. The zero-order chi connectivity index (χ0) is 18.2. The highest BCUT2D eigenvalue weighted by molar-refractivity contribution is 5.94. The number of rotatable bonds is 8. The average Bonchev–Trinajstić information content (AvgIpc) is 3.16. The molecular formula is C21H26N2O3. The summed E-state index contributed by atoms with van der Waals surface area (Å²) in [5, 5.41) is 3.07. The van der Waals surface area contributed by atoms with Crippen LogP contribution in [-0.4, -0.2) is 45.4 Å². The van der Waals surface area contributed by atoms with E-state index in [1.807, 2.05) is 18.2 Å². The summed E-state index contributed by atoms with van der Waals surface area (Å²) in [6.45, 7) is 2.73. The second-order valence-electron chi connectivity index (χ2n) is 6.40. The third-order valence-electron chi connectivity index (χ3n) is 4.64. The second-order valence-corrected chi connectivity index (χ2v) is 6.40. The fourth-order valence-corrected chi connectivity index (χ4v) is 3.27. The van der Waals surface area contributed by atoms with Crippen LogP contribution in [0.4, 0.5) is 5.69 Å². The first-order chi connectivity index (χ1) is 12.8. The van der Waals surface area contributed by atoms with Crippen LogP contribution in [-0.2, 0) is 4.74 Å². The van der Waals surface area contributed by atoms with Crippen molar-refractivity contribution in [3.63, 3.8) is 0 Å². The third-order valence-corrected chi connectivity index (χ3v) is 4.64. The van der Waals surface area contributed by atoms with Gasteiger partial charge in [-0.2, -0.15) is 0 Å². The van der Waals surface area contributed by atoms with E-state index in [2.05, 4.69) is 34.5 Å². The summed E-state index contributed by atoms with van der Waals surface area (Å²) in [4.78, 5) is 14.8. The molecule has 0 aliphatic carbocycles. The number of hydrogen-bond acceptors (Lipinski definition) is 4. The Kier molecular flexibility index (Phi) is 6.50. The number of benzene rings is 2. The van der Waals surface area contributed by atoms with Gasteiger partial charge in [0.15, 0.2) is 0 Å². The van der Waals surface area contributed by atoms with Gasteiger partial charge in [0, 0.05) is 37.5 Å². The number of nitrogens with one attached hydrogen (secondary N) is 1. The highest BCUT2D eigenvalue weighted by Gasteiger charge is 2.25. The molecule has 1 heterocycles. The summed E-state index contributed by atoms with van der Waals surface area (Å²) in [6.07, 6.45) is 2.25. The Labute approximate surface area is 154 Å². The van der Waals surface area contributed by atoms with Crippen LogP contribution >= 0.6 is 0 Å². The van der Waals surface area contributed by atoms with Crippen molar-refractivity contribution in [2.75, 3.05) is 38.3 Å². The van der Waals surface area contributed by atoms with Gasteiger partial charge in [0.2, 0.25) is 0 Å². The highest BCUT2D eigenvalue weighted by Crippen LogP contribution is 2.24. The molecule has 1 fully saturated rings. The van der Waals surface area contributed by atoms with Gasteiger partial charge in [-0.05, 0) is 49.2 Å². The van der Waals surface area contributed by atoms with Crippen molar-refractivity contribution in [3.05, 3.63) is 60.2 Å². The molecule has 1 N–H and O–H groups in total. The Hall–Kier alpha value is -2.53. The lowest BCUT2D eigenvalue weighted by molar-refractivity contribution is 0.0951. The standard InChI is InChI=1S/C21H26N2O3/c1-25-14-15-26-20-11-9-17(10-12-20)21(24)22-16-19-8-5-13-23(19)18-6-3-2-4-7-18/h2-4,6-7,9-12,19H,5,8,13-16H2,1H3,(H,22,24). The van der Waals surface area contributed by atoms with Crippen molar-refractivity contribution in [2.24, 2.45) is 0 Å². The zero-order valence-corrected chi connectivity index (χ0v) is 15.2. The topological polar surface area (TPSA) is 50.8 Å². The van der Waals surface area contributed by atoms with Crippen LogP contribution in [0.15, 0.2) is 54.6 Å². The van der Waals surface area contributed by atoms with E-state index in [4.69, 9.17) is 9.47 Å². The van der Waals surface area contributed by atoms with Gasteiger partial charge in [-0.25, -0.2) is 0 Å². The molecule has 1 aliphatic heterocycles. The summed E-state index contributed by atoms with van der Waals surface area (Å²) >= 11 is 0. The molecule has 1 atom stereocenters. The lowest BCUT2D eigenvalue weighted by Gasteiger charge is -2.27. The van der Waals surface area contributed by atoms with Gasteiger partial charge < -0.3 is 19.7 Å². The number of carbonyl (C=O) groups excluding carboxylic acids is 1. The van der Waals surface area contributed by atoms with Gasteiger partial charge in [-0.1, -0.05) is 18.2 Å². The molecular weight excluding hydrogens is 328 g/mol. The van der Waals surface area contributed by atoms with E-state index in [1.54, 1.807) is 19.2 Å². The van der Waals surface area contributed by atoms with Crippen LogP contribution in [0.1, 0.15) is 23.2 Å². The number of amides is 1. The molecule has 1 saturated heterocycles. The van der Waals surface area contributed by atoms with Gasteiger partial charge in [0.1, 0.15) is 12.4 Å². The molecule has 5 heteroatoms. The largest absolute Gasteiger partial charge is 0.491 e. The molecule has 0 saturated carbocycles. The minimum atomic E-state index is -0.0478. The minimum Gasteiger partial charge on any atom is -0.491 e. The van der Waals surface area contributed by atoms with E-state index in [-0.39, 0.29) is 5.91 Å². The molecule has 26 heavy (non-hydrogen) atoms. The van der Waals surface area contributed by atoms with Gasteiger partial charge in [-0.3, -0.25) is 4.79 Å². The number of para-hydroxylation sites is 1. The number of anilines is 1. The van der Waals surface area contributed by atoms with Crippen molar-refractivity contribution < 1.29 is 14.3 Å². The summed E-state index contributed by atoms with van der Waals surface area (Å²) in [6, 6.07) is 18.0. The maximum absolute atomic E-state index is 12.4. The predicted octanol–water partition coefficient (Wildman–Crippen LogP) is 3.11. The SMILES string of the molecule is COCCOc1ccc(C(=O)NCC2CCCN2c2ccccc2)cc1. The van der Waals surface area contributed by atoms with E-state index in [0.29, 0.717) is 31.4 Å². The van der Waals surface area contributed by atoms with Crippen molar-refractivity contribution in [3.8, 4) is 5.75 Å². The fourth-order valence-electron chi connectivity index (χ4n) is 3.27. The van der Waals surface area contributed by atoms with E-state index >= 15 is 0 Å². The summed E-state index contributed by atoms with van der Waals surface area (Å²) in [7, 11) is 1.64. The molecule has 3 rings (SSSR count). The van der Waals surface area contributed by atoms with Crippen LogP contribution in [0.3, 0.4) is 0 Å². The number of hydrogen-bond donors (Lipinski definition) is 1. The Bertz CT molecular complexity index is 688. The molecule has 1 unspecified atom stereocenters. The quantitative estimate of drug-likeness (QED) is 0.740. The zero-order valence-electron chi connectivity index (χ0n) is 15.2. The van der Waals surface area contributed by atoms with Crippen LogP contribution in [0, 0.1) is 0 Å². The van der Waals surface area contributed by atoms with Gasteiger partial charge in [0.05, 0.1) is 6.61 Å². The summed E-state index contributed by atoms with van der Waals surface area (Å²) < 4.78 is 10.5. The van der Waals surface area contributed by atoms with Gasteiger partial charge in [-0.15, -0.1) is 0 Å². The van der Waals surface area contributed by atoms with Crippen molar-refractivity contribution in [1.29, 1.82) is 0 Å². The first kappa shape index (κ1) is 18.3. The number of methoxy groups -OCH3 is 1. The lowest BCUT2D eigenvalue weighted by atomic mass is 10.1. The van der Waals surface area contributed by atoms with Crippen LogP contribution < -0.4 is 15.0 Å². The van der Waals surface area contributed by atoms with Crippen molar-refractivity contribution in [2.45, 2.75) is 18.9 Å². The van der Waals surface area contributed by atoms with E-state index < -0.39 is 0 Å². The van der Waals surface area contributed by atoms with Gasteiger partial charge in [0.25, 0.3) is 5.91 Å². The second kappa shape index (κ2) is 9.25. The Balaban J connectivity index is 1.52.